The summed E-state index contributed by atoms with van der Waals surface area (Å²) in [6.07, 6.45) is 3.04. The van der Waals surface area contributed by atoms with Crippen molar-refractivity contribution in [2.24, 2.45) is 5.92 Å². The summed E-state index contributed by atoms with van der Waals surface area (Å²) in [6.45, 7) is 3.41. The average Bonchev–Trinajstić information content (AvgIpc) is 3.12. The van der Waals surface area contributed by atoms with E-state index in [0.717, 1.165) is 4.90 Å². The van der Waals surface area contributed by atoms with Crippen LogP contribution in [0.2, 0.25) is 0 Å². The molecule has 3 rings (SSSR count). The highest BCUT2D eigenvalue weighted by molar-refractivity contribution is 7.98. The number of aryl methyl sites for hydroxylation is 2. The minimum absolute atomic E-state index is 0.0609. The van der Waals surface area contributed by atoms with Crippen LogP contribution < -0.4 is 5.32 Å². The van der Waals surface area contributed by atoms with Gasteiger partial charge in [-0.3, -0.25) is 9.59 Å². The molecule has 0 saturated carbocycles. The number of piperidine rings is 1. The summed E-state index contributed by atoms with van der Waals surface area (Å²) < 4.78 is 32.5. The summed E-state index contributed by atoms with van der Waals surface area (Å²) in [7, 11) is -2.26. The van der Waals surface area contributed by atoms with Gasteiger partial charge in [-0.2, -0.15) is 4.31 Å². The van der Waals surface area contributed by atoms with E-state index in [9.17, 15) is 18.0 Å². The molecule has 2 aromatic rings. The smallest absolute Gasteiger partial charge is 0.248 e. The first kappa shape index (κ1) is 24.3. The maximum absolute atomic E-state index is 13.1. The Hall–Kier alpha value is -2.37. The van der Waals surface area contributed by atoms with E-state index in [0.29, 0.717) is 30.8 Å². The second kappa shape index (κ2) is 10.1. The van der Waals surface area contributed by atoms with Gasteiger partial charge in [-0.1, -0.05) is 17.3 Å². The van der Waals surface area contributed by atoms with Crippen LogP contribution in [0.1, 0.15) is 24.3 Å². The highest BCUT2D eigenvalue weighted by Gasteiger charge is 2.37. The molecule has 0 aliphatic carbocycles. The first-order valence-corrected chi connectivity index (χ1v) is 12.9. The molecule has 0 spiro atoms. The Morgan fingerprint density at radius 1 is 1.31 bits per heavy atom. The molecule has 11 heteroatoms. The van der Waals surface area contributed by atoms with E-state index in [2.05, 4.69) is 10.5 Å². The molecule has 174 valence electrons. The van der Waals surface area contributed by atoms with Crippen molar-refractivity contribution in [3.63, 3.8) is 0 Å². The minimum atomic E-state index is -3.82. The summed E-state index contributed by atoms with van der Waals surface area (Å²) in [5.74, 6) is -0.846. The molecular formula is C21H28N4O5S2. The van der Waals surface area contributed by atoms with E-state index in [1.165, 1.54) is 21.0 Å². The van der Waals surface area contributed by atoms with Gasteiger partial charge in [0.25, 0.3) is 0 Å². The summed E-state index contributed by atoms with van der Waals surface area (Å²) in [6, 6.07) is 7.44. The second-order valence-electron chi connectivity index (χ2n) is 7.80. The monoisotopic (exact) mass is 480 g/mol. The van der Waals surface area contributed by atoms with E-state index in [1.54, 1.807) is 20.9 Å². The predicted octanol–water partition coefficient (Wildman–Crippen LogP) is 2.51. The number of rotatable bonds is 7. The number of amides is 2. The number of carbonyl (C=O) groups excluding carboxylic acids is 2. The fraction of sp³-hybridized carbons (Fsp3) is 0.476. The van der Waals surface area contributed by atoms with Gasteiger partial charge in [-0.25, -0.2) is 8.42 Å². The van der Waals surface area contributed by atoms with Gasteiger partial charge in [0.2, 0.25) is 21.8 Å². The number of thioether (sulfide) groups is 1. The van der Waals surface area contributed by atoms with E-state index < -0.39 is 15.9 Å². The van der Waals surface area contributed by atoms with Crippen molar-refractivity contribution in [1.82, 2.24) is 14.4 Å². The molecule has 1 aromatic carbocycles. The van der Waals surface area contributed by atoms with Gasteiger partial charge in [0.15, 0.2) is 5.76 Å². The summed E-state index contributed by atoms with van der Waals surface area (Å²) in [5.41, 5.74) is 0.996. The highest BCUT2D eigenvalue weighted by Crippen LogP contribution is 2.28. The van der Waals surface area contributed by atoms with Crippen molar-refractivity contribution in [3.05, 3.63) is 35.7 Å². The lowest BCUT2D eigenvalue weighted by atomic mass is 9.98. The number of sulfonamides is 1. The Morgan fingerprint density at radius 2 is 2.03 bits per heavy atom. The lowest BCUT2D eigenvalue weighted by molar-refractivity contribution is -0.138. The number of hydrogen-bond acceptors (Lipinski definition) is 7. The molecule has 0 radical (unpaired) electrons. The van der Waals surface area contributed by atoms with Crippen LogP contribution in [0.15, 0.2) is 38.6 Å². The molecular weight excluding hydrogens is 452 g/mol. The van der Waals surface area contributed by atoms with Crippen LogP contribution in [-0.2, 0) is 19.6 Å². The molecule has 1 aromatic heterocycles. The summed E-state index contributed by atoms with van der Waals surface area (Å²) in [5, 5.41) is 6.57. The third-order valence-corrected chi connectivity index (χ3v) is 8.34. The number of benzene rings is 1. The fourth-order valence-corrected chi connectivity index (χ4v) is 6.25. The van der Waals surface area contributed by atoms with Crippen LogP contribution >= 0.6 is 11.8 Å². The van der Waals surface area contributed by atoms with Crippen LogP contribution in [0.4, 0.5) is 5.69 Å². The summed E-state index contributed by atoms with van der Waals surface area (Å²) in [4.78, 5) is 27.8. The van der Waals surface area contributed by atoms with Crippen molar-refractivity contribution in [1.29, 1.82) is 0 Å². The van der Waals surface area contributed by atoms with Crippen molar-refractivity contribution < 1.29 is 22.5 Å². The Morgan fingerprint density at radius 3 is 2.69 bits per heavy atom. The second-order valence-corrected chi connectivity index (χ2v) is 10.5. The van der Waals surface area contributed by atoms with E-state index in [1.807, 2.05) is 30.5 Å². The highest BCUT2D eigenvalue weighted by atomic mass is 32.2. The number of para-hydroxylation sites is 1. The molecule has 0 bridgehead atoms. The quantitative estimate of drug-likeness (QED) is 0.606. The molecule has 1 aliphatic rings. The number of nitrogens with zero attached hydrogens (tertiary/aromatic N) is 3. The van der Waals surface area contributed by atoms with Crippen LogP contribution in [0, 0.1) is 19.8 Å². The van der Waals surface area contributed by atoms with E-state index in [4.69, 9.17) is 4.52 Å². The lowest BCUT2D eigenvalue weighted by Gasteiger charge is -2.33. The van der Waals surface area contributed by atoms with Gasteiger partial charge in [0, 0.05) is 25.0 Å². The molecule has 9 nitrogen and oxygen atoms in total. The van der Waals surface area contributed by atoms with Gasteiger partial charge in [0.1, 0.15) is 10.6 Å². The van der Waals surface area contributed by atoms with E-state index in [-0.39, 0.29) is 35.6 Å². The van der Waals surface area contributed by atoms with Crippen molar-refractivity contribution >= 4 is 39.3 Å². The summed E-state index contributed by atoms with van der Waals surface area (Å²) >= 11 is 1.52. The zero-order chi connectivity index (χ0) is 23.5. The van der Waals surface area contributed by atoms with Gasteiger partial charge in [-0.15, -0.1) is 11.8 Å². The van der Waals surface area contributed by atoms with E-state index >= 15 is 0 Å². The zero-order valence-corrected chi connectivity index (χ0v) is 20.3. The van der Waals surface area contributed by atoms with Gasteiger partial charge in [-0.05, 0) is 45.1 Å². The van der Waals surface area contributed by atoms with Crippen LogP contribution in [0.25, 0.3) is 0 Å². The normalized spacial score (nSPS) is 17.2. The Bertz CT molecular complexity index is 1080. The Labute approximate surface area is 192 Å². The van der Waals surface area contributed by atoms with Crippen LogP contribution in [0.5, 0.6) is 0 Å². The standard InChI is InChI=1S/C21H28N4O5S2/c1-14-20(15(2)30-23-14)32(28,29)25-11-7-8-16(12-25)21(27)24(3)13-19(26)22-17-9-5-6-10-18(17)31-4/h5-6,9-10,16H,7-8,11-13H2,1-4H3,(H,22,26). The van der Waals surface area contributed by atoms with Crippen molar-refractivity contribution in [2.75, 3.05) is 38.3 Å². The fourth-order valence-electron chi connectivity index (χ4n) is 3.88. The molecule has 1 fully saturated rings. The number of anilines is 1. The number of hydrogen-bond donors (Lipinski definition) is 1. The largest absolute Gasteiger partial charge is 0.360 e. The number of nitrogens with one attached hydrogen (secondary N) is 1. The Balaban J connectivity index is 1.65. The number of likely N-dealkylation sites (N-methyl/N-ethyl adjacent to an activating group) is 1. The molecule has 1 aliphatic heterocycles. The topological polar surface area (TPSA) is 113 Å². The maximum Gasteiger partial charge on any atom is 0.248 e. The predicted molar refractivity (Wildman–Crippen MR) is 122 cm³/mol. The maximum atomic E-state index is 13.1. The van der Waals surface area contributed by atoms with Crippen molar-refractivity contribution in [2.45, 2.75) is 36.5 Å². The van der Waals surface area contributed by atoms with Gasteiger partial charge >= 0.3 is 0 Å². The van der Waals surface area contributed by atoms with Gasteiger partial charge in [0.05, 0.1) is 18.2 Å². The third-order valence-electron chi connectivity index (χ3n) is 5.44. The molecule has 1 N–H and O–H groups in total. The first-order chi connectivity index (χ1) is 15.1. The molecule has 2 amide bonds. The van der Waals surface area contributed by atoms with Crippen molar-refractivity contribution in [3.8, 4) is 0 Å². The molecule has 1 saturated heterocycles. The SMILES string of the molecule is CSc1ccccc1NC(=O)CN(C)C(=O)C1CCCN(S(=O)(=O)c2c(C)noc2C)C1. The first-order valence-electron chi connectivity index (χ1n) is 10.3. The number of aromatic nitrogens is 1. The van der Waals surface area contributed by atoms with Crippen LogP contribution in [0.3, 0.4) is 0 Å². The average molecular weight is 481 g/mol. The zero-order valence-electron chi connectivity index (χ0n) is 18.6. The molecule has 1 unspecified atom stereocenters. The molecule has 1 atom stereocenters. The lowest BCUT2D eigenvalue weighted by Crippen LogP contribution is -2.47. The van der Waals surface area contributed by atoms with Gasteiger partial charge < -0.3 is 14.7 Å². The molecule has 32 heavy (non-hydrogen) atoms. The third kappa shape index (κ3) is 5.16. The molecule has 2 heterocycles. The van der Waals surface area contributed by atoms with Crippen LogP contribution in [-0.4, -0.2) is 67.5 Å². The minimum Gasteiger partial charge on any atom is -0.360 e. The Kier molecular flexibility index (Phi) is 7.63. The number of carbonyl (C=O) groups is 2.